The van der Waals surface area contributed by atoms with Crippen LogP contribution in [0.3, 0.4) is 0 Å². The molecule has 2 fully saturated rings. The molecule has 4 nitrogen and oxygen atoms in total. The Bertz CT molecular complexity index is 503. The minimum absolute atomic E-state index is 0. The summed E-state index contributed by atoms with van der Waals surface area (Å²) >= 11 is 3.66. The molecule has 24 heavy (non-hydrogen) atoms. The third-order valence-electron chi connectivity index (χ3n) is 5.13. The van der Waals surface area contributed by atoms with Gasteiger partial charge >= 0.3 is 0 Å². The van der Waals surface area contributed by atoms with E-state index in [0.717, 1.165) is 36.2 Å². The van der Waals surface area contributed by atoms with Crippen molar-refractivity contribution in [2.45, 2.75) is 38.1 Å². The number of benzene rings is 1. The molecule has 138 valence electrons. The van der Waals surface area contributed by atoms with E-state index in [1.165, 1.54) is 32.1 Å². The first kappa shape index (κ1) is 21.8. The van der Waals surface area contributed by atoms with Crippen molar-refractivity contribution in [3.8, 4) is 5.75 Å². The van der Waals surface area contributed by atoms with Gasteiger partial charge in [-0.15, -0.1) is 24.8 Å². The molecule has 1 aromatic rings. The van der Waals surface area contributed by atoms with Crippen molar-refractivity contribution in [1.29, 1.82) is 0 Å². The number of phenolic OH excluding ortho intramolecular Hbond substituents is 1. The summed E-state index contributed by atoms with van der Waals surface area (Å²) in [5, 5.41) is 14.0. The van der Waals surface area contributed by atoms with Gasteiger partial charge in [-0.1, -0.05) is 35.2 Å². The summed E-state index contributed by atoms with van der Waals surface area (Å²) in [4.78, 5) is 2.53. The quantitative estimate of drug-likeness (QED) is 0.488. The van der Waals surface area contributed by atoms with Crippen LogP contribution in [0.25, 0.3) is 0 Å². The van der Waals surface area contributed by atoms with Gasteiger partial charge < -0.3 is 16.2 Å². The second kappa shape index (κ2) is 10.1. The van der Waals surface area contributed by atoms with E-state index < -0.39 is 0 Å². The van der Waals surface area contributed by atoms with Crippen molar-refractivity contribution in [2.24, 2.45) is 5.92 Å². The van der Waals surface area contributed by atoms with Crippen molar-refractivity contribution < 1.29 is 5.11 Å². The van der Waals surface area contributed by atoms with Crippen LogP contribution in [0.4, 0.5) is 5.69 Å². The number of hydrogen-bond donors (Lipinski definition) is 3. The Balaban J connectivity index is 0.00000144. The normalized spacial score (nSPS) is 20.7. The van der Waals surface area contributed by atoms with Gasteiger partial charge in [0.05, 0.1) is 5.69 Å². The second-order valence-electron chi connectivity index (χ2n) is 6.53. The standard InChI is InChI=1S/C17H26BrN3O.2ClH/c18-13-6-7-14(19)17(22)15(13)16(12-4-2-1-3-5-12)21-10-8-20-9-11-21;;/h6-7,12,16,20,22H,1-5,8-11,19H2;2*1H/t16-;;/m0../s1. The second-order valence-corrected chi connectivity index (χ2v) is 7.38. The minimum Gasteiger partial charge on any atom is -0.505 e. The maximum absolute atomic E-state index is 10.6. The molecule has 1 aromatic carbocycles. The number of nitrogen functional groups attached to an aromatic ring is 1. The largest absolute Gasteiger partial charge is 0.505 e. The first-order valence-electron chi connectivity index (χ1n) is 8.40. The summed E-state index contributed by atoms with van der Waals surface area (Å²) in [5.74, 6) is 0.874. The molecule has 1 aliphatic heterocycles. The van der Waals surface area contributed by atoms with Crippen LogP contribution in [0.2, 0.25) is 0 Å². The zero-order valence-corrected chi connectivity index (χ0v) is 17.1. The molecule has 3 rings (SSSR count). The number of hydrogen-bond acceptors (Lipinski definition) is 4. The van der Waals surface area contributed by atoms with Crippen LogP contribution in [-0.2, 0) is 0 Å². The number of piperazine rings is 1. The minimum atomic E-state index is 0. The average Bonchev–Trinajstić information content (AvgIpc) is 2.57. The summed E-state index contributed by atoms with van der Waals surface area (Å²) in [6, 6.07) is 4.02. The predicted octanol–water partition coefficient (Wildman–Crippen LogP) is 4.11. The van der Waals surface area contributed by atoms with Crippen LogP contribution in [0.15, 0.2) is 16.6 Å². The van der Waals surface area contributed by atoms with Crippen molar-refractivity contribution in [1.82, 2.24) is 10.2 Å². The molecule has 1 heterocycles. The lowest BCUT2D eigenvalue weighted by molar-refractivity contribution is 0.101. The summed E-state index contributed by atoms with van der Waals surface area (Å²) in [7, 11) is 0. The summed E-state index contributed by atoms with van der Waals surface area (Å²) in [6.45, 7) is 4.09. The molecule has 7 heteroatoms. The highest BCUT2D eigenvalue weighted by Crippen LogP contribution is 2.46. The molecule has 4 N–H and O–H groups in total. The molecule has 0 radical (unpaired) electrons. The summed E-state index contributed by atoms with van der Waals surface area (Å²) < 4.78 is 0.980. The lowest BCUT2D eigenvalue weighted by atomic mass is 9.79. The van der Waals surface area contributed by atoms with E-state index in [4.69, 9.17) is 5.73 Å². The molecule has 0 aromatic heterocycles. The number of halogens is 3. The fourth-order valence-electron chi connectivity index (χ4n) is 4.01. The Morgan fingerprint density at radius 2 is 1.75 bits per heavy atom. The number of phenols is 1. The lowest BCUT2D eigenvalue weighted by Gasteiger charge is -2.41. The van der Waals surface area contributed by atoms with Gasteiger partial charge in [-0.25, -0.2) is 0 Å². The van der Waals surface area contributed by atoms with Crippen molar-refractivity contribution in [3.63, 3.8) is 0 Å². The van der Waals surface area contributed by atoms with Gasteiger partial charge in [0.1, 0.15) is 5.75 Å². The maximum atomic E-state index is 10.6. The highest BCUT2D eigenvalue weighted by atomic mass is 79.9. The fraction of sp³-hybridized carbons (Fsp3) is 0.647. The molecule has 0 amide bonds. The van der Waals surface area contributed by atoms with Gasteiger partial charge in [0.25, 0.3) is 0 Å². The molecule has 1 saturated heterocycles. The average molecular weight is 441 g/mol. The monoisotopic (exact) mass is 439 g/mol. The fourth-order valence-corrected chi connectivity index (χ4v) is 4.56. The van der Waals surface area contributed by atoms with Gasteiger partial charge in [0, 0.05) is 42.3 Å². The van der Waals surface area contributed by atoms with E-state index in [2.05, 4.69) is 26.1 Å². The third kappa shape index (κ3) is 4.70. The Hall–Kier alpha value is -0.200. The highest BCUT2D eigenvalue weighted by Gasteiger charge is 2.34. The van der Waals surface area contributed by atoms with E-state index in [-0.39, 0.29) is 36.6 Å². The van der Waals surface area contributed by atoms with Gasteiger partial charge in [-0.2, -0.15) is 0 Å². The van der Waals surface area contributed by atoms with Gasteiger partial charge in [0.2, 0.25) is 0 Å². The van der Waals surface area contributed by atoms with E-state index >= 15 is 0 Å². The Labute approximate surface area is 165 Å². The number of nitrogens with two attached hydrogens (primary N) is 1. The van der Waals surface area contributed by atoms with E-state index in [9.17, 15) is 5.11 Å². The smallest absolute Gasteiger partial charge is 0.144 e. The van der Waals surface area contributed by atoms with E-state index in [0.29, 0.717) is 11.6 Å². The summed E-state index contributed by atoms with van der Waals surface area (Å²) in [5.41, 5.74) is 7.46. The number of rotatable bonds is 3. The zero-order valence-electron chi connectivity index (χ0n) is 13.8. The Morgan fingerprint density at radius 3 is 2.38 bits per heavy atom. The molecule has 0 bridgehead atoms. The summed E-state index contributed by atoms with van der Waals surface area (Å²) in [6.07, 6.45) is 6.43. The van der Waals surface area contributed by atoms with Crippen LogP contribution in [0.1, 0.15) is 43.7 Å². The Kier molecular flexibility index (Phi) is 9.17. The maximum Gasteiger partial charge on any atom is 0.144 e. The van der Waals surface area contributed by atoms with Crippen molar-refractivity contribution in [2.75, 3.05) is 31.9 Å². The number of aromatic hydroxyl groups is 1. The van der Waals surface area contributed by atoms with E-state index in [1.54, 1.807) is 6.07 Å². The first-order valence-corrected chi connectivity index (χ1v) is 9.19. The first-order chi connectivity index (χ1) is 10.7. The molecule has 1 saturated carbocycles. The van der Waals surface area contributed by atoms with Crippen LogP contribution in [0.5, 0.6) is 5.75 Å². The van der Waals surface area contributed by atoms with E-state index in [1.807, 2.05) is 6.07 Å². The number of anilines is 1. The molecular formula is C17H28BrCl2N3O. The van der Waals surface area contributed by atoms with Gasteiger partial charge in [-0.05, 0) is 30.9 Å². The van der Waals surface area contributed by atoms with Crippen LogP contribution in [-0.4, -0.2) is 36.2 Å². The molecule has 2 aliphatic rings. The van der Waals surface area contributed by atoms with Crippen molar-refractivity contribution in [3.05, 3.63) is 22.2 Å². The van der Waals surface area contributed by atoms with Crippen molar-refractivity contribution >= 4 is 46.4 Å². The van der Waals surface area contributed by atoms with Gasteiger partial charge in [-0.3, -0.25) is 4.90 Å². The molecular weight excluding hydrogens is 413 g/mol. The van der Waals surface area contributed by atoms with Crippen LogP contribution >= 0.6 is 40.7 Å². The highest BCUT2D eigenvalue weighted by molar-refractivity contribution is 9.10. The molecule has 1 aliphatic carbocycles. The molecule has 0 spiro atoms. The number of nitrogens with zero attached hydrogens (tertiary/aromatic N) is 1. The topological polar surface area (TPSA) is 61.5 Å². The Morgan fingerprint density at radius 1 is 1.12 bits per heavy atom. The zero-order chi connectivity index (χ0) is 15.5. The van der Waals surface area contributed by atoms with Crippen LogP contribution < -0.4 is 11.1 Å². The lowest BCUT2D eigenvalue weighted by Crippen LogP contribution is -2.47. The van der Waals surface area contributed by atoms with Gasteiger partial charge in [0.15, 0.2) is 0 Å². The predicted molar refractivity (Wildman–Crippen MR) is 108 cm³/mol. The molecule has 1 atom stereocenters. The van der Waals surface area contributed by atoms with Crippen LogP contribution in [0, 0.1) is 5.92 Å². The molecule has 0 unspecified atom stereocenters. The number of nitrogens with one attached hydrogen (secondary N) is 1. The SMILES string of the molecule is Cl.Cl.Nc1ccc(Br)c([C@H](C2CCCCC2)N2CCNCC2)c1O. The third-order valence-corrected chi connectivity index (χ3v) is 5.82.